The van der Waals surface area contributed by atoms with E-state index in [1.54, 1.807) is 0 Å². The molecule has 1 unspecified atom stereocenters. The molecule has 0 bridgehead atoms. The average Bonchev–Trinajstić information content (AvgIpc) is 3.36. The van der Waals surface area contributed by atoms with Crippen molar-refractivity contribution in [2.45, 2.75) is 87.7 Å². The molecule has 1 atom stereocenters. The fourth-order valence-electron chi connectivity index (χ4n) is 2.43. The van der Waals surface area contributed by atoms with Crippen LogP contribution in [0.15, 0.2) is 5.16 Å². The van der Waals surface area contributed by atoms with Gasteiger partial charge >= 0.3 is 0 Å². The highest BCUT2D eigenvalue weighted by Crippen LogP contribution is 2.46. The van der Waals surface area contributed by atoms with E-state index in [1.165, 1.54) is 31.5 Å². The zero-order valence-electron chi connectivity index (χ0n) is 13.7. The third-order valence-corrected chi connectivity index (χ3v) is 5.66. The second-order valence-electron chi connectivity index (χ2n) is 7.26. The minimum absolute atomic E-state index is 0.220. The summed E-state index contributed by atoms with van der Waals surface area (Å²) in [7, 11) is 0. The van der Waals surface area contributed by atoms with Gasteiger partial charge in [0.25, 0.3) is 0 Å². The van der Waals surface area contributed by atoms with Crippen LogP contribution in [0.2, 0.25) is 0 Å². The highest BCUT2D eigenvalue weighted by molar-refractivity contribution is 7.99. The zero-order chi connectivity index (χ0) is 15.0. The van der Waals surface area contributed by atoms with Gasteiger partial charge in [-0.2, -0.15) is 0 Å². The van der Waals surface area contributed by atoms with Gasteiger partial charge < -0.3 is 9.88 Å². The third kappa shape index (κ3) is 3.81. The SMILES string of the molecule is CCC(C)(C)NCC(C)Sc1nnc(C2CC2)n1C1CC1. The van der Waals surface area contributed by atoms with Gasteiger partial charge in [-0.15, -0.1) is 10.2 Å². The Morgan fingerprint density at radius 3 is 2.57 bits per heavy atom. The van der Waals surface area contributed by atoms with Gasteiger partial charge in [0.2, 0.25) is 0 Å². The van der Waals surface area contributed by atoms with E-state index >= 15 is 0 Å². The number of nitrogens with one attached hydrogen (secondary N) is 1. The lowest BCUT2D eigenvalue weighted by Gasteiger charge is -2.26. The topological polar surface area (TPSA) is 42.7 Å². The molecule has 1 aromatic rings. The molecule has 2 aliphatic carbocycles. The number of hydrogen-bond donors (Lipinski definition) is 1. The molecule has 4 nitrogen and oxygen atoms in total. The van der Waals surface area contributed by atoms with Crippen LogP contribution in [0.3, 0.4) is 0 Å². The summed E-state index contributed by atoms with van der Waals surface area (Å²) in [4.78, 5) is 0. The van der Waals surface area contributed by atoms with Crippen molar-refractivity contribution in [2.24, 2.45) is 0 Å². The van der Waals surface area contributed by atoms with E-state index < -0.39 is 0 Å². The molecule has 2 fully saturated rings. The van der Waals surface area contributed by atoms with E-state index in [9.17, 15) is 0 Å². The smallest absolute Gasteiger partial charge is 0.191 e. The number of hydrogen-bond acceptors (Lipinski definition) is 4. The van der Waals surface area contributed by atoms with E-state index in [-0.39, 0.29) is 5.54 Å². The van der Waals surface area contributed by atoms with Crippen LogP contribution in [-0.4, -0.2) is 32.1 Å². The van der Waals surface area contributed by atoms with Crippen LogP contribution in [0.1, 0.15) is 77.6 Å². The molecule has 1 heterocycles. The van der Waals surface area contributed by atoms with Gasteiger partial charge in [-0.1, -0.05) is 25.6 Å². The summed E-state index contributed by atoms with van der Waals surface area (Å²) in [5.74, 6) is 1.95. The molecule has 1 aromatic heterocycles. The molecular weight excluding hydrogens is 280 g/mol. The number of rotatable bonds is 8. The molecule has 0 saturated heterocycles. The molecule has 0 amide bonds. The molecule has 0 aliphatic heterocycles. The standard InChI is InChI=1S/C16H28N4S/c1-5-16(3,4)17-10-11(2)21-15-19-18-14(12-6-7-12)20(15)13-8-9-13/h11-13,17H,5-10H2,1-4H3. The lowest BCUT2D eigenvalue weighted by atomic mass is 10.0. The van der Waals surface area contributed by atoms with Gasteiger partial charge in [-0.05, 0) is 46.0 Å². The molecule has 1 N–H and O–H groups in total. The summed E-state index contributed by atoms with van der Waals surface area (Å²) in [5.41, 5.74) is 0.220. The molecule has 118 valence electrons. The molecule has 0 spiro atoms. The zero-order valence-corrected chi connectivity index (χ0v) is 14.5. The van der Waals surface area contributed by atoms with E-state index in [2.05, 4.69) is 47.8 Å². The summed E-state index contributed by atoms with van der Waals surface area (Å²) in [5, 5.41) is 14.3. The molecule has 21 heavy (non-hydrogen) atoms. The summed E-state index contributed by atoms with van der Waals surface area (Å²) in [6.07, 6.45) is 6.37. The Hall–Kier alpha value is -0.550. The molecule has 0 radical (unpaired) electrons. The number of thioether (sulfide) groups is 1. The van der Waals surface area contributed by atoms with Gasteiger partial charge in [-0.3, -0.25) is 0 Å². The van der Waals surface area contributed by atoms with Gasteiger partial charge in [0.15, 0.2) is 5.16 Å². The summed E-state index contributed by atoms with van der Waals surface area (Å²) < 4.78 is 2.45. The van der Waals surface area contributed by atoms with Crippen molar-refractivity contribution < 1.29 is 0 Å². The Morgan fingerprint density at radius 1 is 1.29 bits per heavy atom. The fraction of sp³-hybridized carbons (Fsp3) is 0.875. The Morgan fingerprint density at radius 2 is 2.00 bits per heavy atom. The first kappa shape index (κ1) is 15.3. The molecule has 2 saturated carbocycles. The number of nitrogens with zero attached hydrogens (tertiary/aromatic N) is 3. The highest BCUT2D eigenvalue weighted by Gasteiger charge is 2.36. The quantitative estimate of drug-likeness (QED) is 0.743. The fourth-order valence-corrected chi connectivity index (χ4v) is 3.40. The maximum absolute atomic E-state index is 4.49. The van der Waals surface area contributed by atoms with Crippen molar-refractivity contribution in [3.8, 4) is 0 Å². The Balaban J connectivity index is 1.62. The minimum atomic E-state index is 0.220. The van der Waals surface area contributed by atoms with Crippen LogP contribution < -0.4 is 5.32 Å². The highest BCUT2D eigenvalue weighted by atomic mass is 32.2. The largest absolute Gasteiger partial charge is 0.311 e. The molecule has 0 aromatic carbocycles. The van der Waals surface area contributed by atoms with Crippen LogP contribution in [0.5, 0.6) is 0 Å². The average molecular weight is 308 g/mol. The minimum Gasteiger partial charge on any atom is -0.311 e. The van der Waals surface area contributed by atoms with Crippen molar-refractivity contribution in [3.63, 3.8) is 0 Å². The van der Waals surface area contributed by atoms with Crippen molar-refractivity contribution in [1.29, 1.82) is 0 Å². The first-order valence-electron chi connectivity index (χ1n) is 8.36. The van der Waals surface area contributed by atoms with Gasteiger partial charge in [0.1, 0.15) is 5.82 Å². The van der Waals surface area contributed by atoms with E-state index in [4.69, 9.17) is 0 Å². The maximum Gasteiger partial charge on any atom is 0.191 e. The molecule has 3 rings (SSSR count). The summed E-state index contributed by atoms with van der Waals surface area (Å²) in [6, 6.07) is 0.686. The van der Waals surface area contributed by atoms with Crippen LogP contribution in [0.4, 0.5) is 0 Å². The van der Waals surface area contributed by atoms with Crippen molar-refractivity contribution >= 4 is 11.8 Å². The third-order valence-electron chi connectivity index (χ3n) is 4.60. The molecule has 2 aliphatic rings. The first-order valence-corrected chi connectivity index (χ1v) is 9.24. The van der Waals surface area contributed by atoms with E-state index in [1.807, 2.05) is 11.8 Å². The predicted octanol–water partition coefficient (Wildman–Crippen LogP) is 3.75. The molecular formula is C16H28N4S. The van der Waals surface area contributed by atoms with Crippen molar-refractivity contribution in [1.82, 2.24) is 20.1 Å². The van der Waals surface area contributed by atoms with Crippen molar-refractivity contribution in [3.05, 3.63) is 5.82 Å². The summed E-state index contributed by atoms with van der Waals surface area (Å²) in [6.45, 7) is 10.1. The van der Waals surface area contributed by atoms with Crippen LogP contribution in [-0.2, 0) is 0 Å². The number of aromatic nitrogens is 3. The van der Waals surface area contributed by atoms with E-state index in [0.29, 0.717) is 17.2 Å². The summed E-state index contributed by atoms with van der Waals surface area (Å²) >= 11 is 1.88. The maximum atomic E-state index is 4.49. The van der Waals surface area contributed by atoms with Crippen LogP contribution in [0.25, 0.3) is 0 Å². The second kappa shape index (κ2) is 5.92. The monoisotopic (exact) mass is 308 g/mol. The van der Waals surface area contributed by atoms with Crippen LogP contribution in [0, 0.1) is 0 Å². The molecule has 5 heteroatoms. The van der Waals surface area contributed by atoms with Gasteiger partial charge in [0.05, 0.1) is 0 Å². The Bertz CT molecular complexity index is 488. The second-order valence-corrected chi connectivity index (χ2v) is 8.67. The van der Waals surface area contributed by atoms with Crippen LogP contribution >= 0.6 is 11.8 Å². The first-order chi connectivity index (χ1) is 10.00. The lowest BCUT2D eigenvalue weighted by Crippen LogP contribution is -2.41. The Labute approximate surface area is 132 Å². The van der Waals surface area contributed by atoms with Gasteiger partial charge in [-0.25, -0.2) is 0 Å². The lowest BCUT2D eigenvalue weighted by molar-refractivity contribution is 0.379. The van der Waals surface area contributed by atoms with E-state index in [0.717, 1.165) is 18.1 Å². The predicted molar refractivity (Wildman–Crippen MR) is 88.0 cm³/mol. The van der Waals surface area contributed by atoms with Gasteiger partial charge in [0, 0.05) is 29.3 Å². The van der Waals surface area contributed by atoms with Crippen molar-refractivity contribution in [2.75, 3.05) is 6.54 Å². The Kier molecular flexibility index (Phi) is 4.33. The normalized spacial score (nSPS) is 20.8.